The van der Waals surface area contributed by atoms with Gasteiger partial charge in [0.05, 0.1) is 16.7 Å². The van der Waals surface area contributed by atoms with E-state index >= 15 is 0 Å². The van der Waals surface area contributed by atoms with Crippen LogP contribution >= 0.6 is 0 Å². The molecule has 15 rings (SSSR count). The van der Waals surface area contributed by atoms with Gasteiger partial charge in [0.2, 0.25) is 0 Å². The zero-order valence-corrected chi connectivity index (χ0v) is 42.2. The van der Waals surface area contributed by atoms with Crippen molar-refractivity contribution in [2.24, 2.45) is 0 Å². The Morgan fingerprint density at radius 3 is 1.83 bits per heavy atom. The molecule has 0 N–H and O–H groups in total. The lowest BCUT2D eigenvalue weighted by Gasteiger charge is -2.27. The smallest absolute Gasteiger partial charge is 0.143 e. The molecule has 3 aromatic heterocycles. The average Bonchev–Trinajstić information content (AvgIpc) is 4.35. The third-order valence-corrected chi connectivity index (χ3v) is 15.6. The molecule has 0 fully saturated rings. The number of furan rings is 2. The summed E-state index contributed by atoms with van der Waals surface area (Å²) < 4.78 is 16.5. The van der Waals surface area contributed by atoms with Gasteiger partial charge < -0.3 is 18.3 Å². The number of allylic oxidation sites excluding steroid dienone is 5. The highest BCUT2D eigenvalue weighted by molar-refractivity contribution is 6.22. The van der Waals surface area contributed by atoms with Gasteiger partial charge in [-0.2, -0.15) is 0 Å². The predicted octanol–water partition coefficient (Wildman–Crippen LogP) is 20.8. The van der Waals surface area contributed by atoms with E-state index in [-0.39, 0.29) is 0 Å². The van der Waals surface area contributed by atoms with E-state index < -0.39 is 0 Å². The molecular formula is C73H48N2O2. The summed E-state index contributed by atoms with van der Waals surface area (Å²) in [5.74, 6) is 0. The molecule has 0 saturated heterocycles. The predicted molar refractivity (Wildman–Crippen MR) is 324 cm³/mol. The molecule has 0 aliphatic carbocycles. The molecule has 11 aromatic carbocycles. The number of nitrogens with zero attached hydrogens (tertiary/aromatic N) is 2. The first-order chi connectivity index (χ1) is 38.1. The van der Waals surface area contributed by atoms with Crippen LogP contribution in [0.2, 0.25) is 0 Å². The fraction of sp³-hybridized carbons (Fsp3) is 0.0137. The molecule has 4 heteroatoms. The SMILES string of the molecule is C=C/C(=C\C=C/C)c1ccc(N(c2ccc(-c3cccc4c3oc3ccccc34)cc2)c2cc(-c3ccccc3)cc(-c3cccc4c3oc3c5c(ccc34)-c3ccccc3-n3c4ccccc4c4cccc-5c43)c2)cc1. The molecule has 0 amide bonds. The van der Waals surface area contributed by atoms with E-state index in [4.69, 9.17) is 8.83 Å². The van der Waals surface area contributed by atoms with Gasteiger partial charge in [-0.05, 0) is 113 Å². The van der Waals surface area contributed by atoms with Crippen molar-refractivity contribution in [3.8, 4) is 61.3 Å². The van der Waals surface area contributed by atoms with Crippen molar-refractivity contribution in [3.05, 3.63) is 273 Å². The van der Waals surface area contributed by atoms with E-state index in [1.54, 1.807) is 0 Å². The summed E-state index contributed by atoms with van der Waals surface area (Å²) in [6.07, 6.45) is 8.11. The molecule has 1 aliphatic heterocycles. The van der Waals surface area contributed by atoms with Crippen LogP contribution in [0.15, 0.2) is 276 Å². The minimum atomic E-state index is 0.849. The van der Waals surface area contributed by atoms with Crippen LogP contribution in [0.1, 0.15) is 12.5 Å². The maximum Gasteiger partial charge on any atom is 0.143 e. The highest BCUT2D eigenvalue weighted by Gasteiger charge is 2.28. The third kappa shape index (κ3) is 7.00. The van der Waals surface area contributed by atoms with Gasteiger partial charge in [-0.3, -0.25) is 0 Å². The Kier molecular flexibility index (Phi) is 10.2. The maximum atomic E-state index is 7.47. The standard InChI is InChI=1S/C73H48N2O2/c1-3-5-18-46(4-2)48-33-37-52(38-34-48)74(53-39-35-49(36-40-53)55-24-15-27-62-59-23-11-14-32-68(59)76-71(55)62)54-44-50(47-19-7-6-8-20-47)43-51(45-54)56-25-16-28-63-64-42-41-60-57-21-9-12-30-66(57)75-67-31-13-10-22-58(67)61-26-17-29-65(70(61)75)69(60)73(64)77-72(56)63/h3-45H,2H2,1H3/b5-3-,46-18+. The van der Waals surface area contributed by atoms with Crippen molar-refractivity contribution in [1.29, 1.82) is 0 Å². The number of aromatic nitrogens is 1. The van der Waals surface area contributed by atoms with E-state index in [9.17, 15) is 0 Å². The van der Waals surface area contributed by atoms with Crippen molar-refractivity contribution in [3.63, 3.8) is 0 Å². The van der Waals surface area contributed by atoms with Gasteiger partial charge in [0.1, 0.15) is 22.3 Å². The largest absolute Gasteiger partial charge is 0.455 e. The molecule has 0 radical (unpaired) electrons. The number of anilines is 3. The summed E-state index contributed by atoms with van der Waals surface area (Å²) in [6.45, 7) is 6.18. The molecular weight excluding hydrogens is 937 g/mol. The van der Waals surface area contributed by atoms with Gasteiger partial charge in [-0.25, -0.2) is 0 Å². The zero-order valence-electron chi connectivity index (χ0n) is 42.2. The fourth-order valence-electron chi connectivity index (χ4n) is 12.1. The third-order valence-electron chi connectivity index (χ3n) is 15.6. The van der Waals surface area contributed by atoms with Crippen LogP contribution in [0.3, 0.4) is 0 Å². The number of rotatable bonds is 9. The van der Waals surface area contributed by atoms with Crippen LogP contribution in [0.4, 0.5) is 17.1 Å². The fourth-order valence-corrected chi connectivity index (χ4v) is 12.1. The van der Waals surface area contributed by atoms with Crippen LogP contribution in [0.5, 0.6) is 0 Å². The summed E-state index contributed by atoms with van der Waals surface area (Å²) in [4.78, 5) is 2.37. The Hall–Kier alpha value is -10.2. The minimum Gasteiger partial charge on any atom is -0.455 e. The lowest BCUT2D eigenvalue weighted by molar-refractivity contribution is 0.670. The van der Waals surface area contributed by atoms with Crippen molar-refractivity contribution in [1.82, 2.24) is 4.57 Å². The van der Waals surface area contributed by atoms with Gasteiger partial charge in [-0.1, -0.05) is 201 Å². The number of hydrogen-bond acceptors (Lipinski definition) is 3. The van der Waals surface area contributed by atoms with Crippen molar-refractivity contribution >= 4 is 88.3 Å². The minimum absolute atomic E-state index is 0.849. The van der Waals surface area contributed by atoms with Crippen molar-refractivity contribution < 1.29 is 8.83 Å². The van der Waals surface area contributed by atoms with Crippen LogP contribution in [0, 0.1) is 0 Å². The zero-order chi connectivity index (χ0) is 51.1. The second-order valence-electron chi connectivity index (χ2n) is 19.9. The summed E-state index contributed by atoms with van der Waals surface area (Å²) in [7, 11) is 0. The van der Waals surface area contributed by atoms with Crippen molar-refractivity contribution in [2.45, 2.75) is 6.92 Å². The molecule has 0 bridgehead atoms. The Morgan fingerprint density at radius 1 is 0.429 bits per heavy atom. The molecule has 362 valence electrons. The number of fused-ring (bicyclic) bond motifs is 15. The second-order valence-corrected chi connectivity index (χ2v) is 19.9. The summed E-state index contributed by atoms with van der Waals surface area (Å²) in [5.41, 5.74) is 23.2. The monoisotopic (exact) mass is 984 g/mol. The molecule has 4 heterocycles. The van der Waals surface area contributed by atoms with Crippen LogP contribution in [-0.4, -0.2) is 4.57 Å². The van der Waals surface area contributed by atoms with Crippen molar-refractivity contribution in [2.75, 3.05) is 4.90 Å². The van der Waals surface area contributed by atoms with E-state index in [0.717, 1.165) is 128 Å². The Labute approximate surface area is 445 Å². The highest BCUT2D eigenvalue weighted by atomic mass is 16.3. The summed E-state index contributed by atoms with van der Waals surface area (Å²) in [5, 5.41) is 6.84. The number of hydrogen-bond donors (Lipinski definition) is 0. The maximum absolute atomic E-state index is 7.47. The average molecular weight is 985 g/mol. The summed E-state index contributed by atoms with van der Waals surface area (Å²) >= 11 is 0. The molecule has 77 heavy (non-hydrogen) atoms. The quantitative estimate of drug-likeness (QED) is 0.135. The van der Waals surface area contributed by atoms with E-state index in [0.29, 0.717) is 0 Å². The molecule has 0 atom stereocenters. The lowest BCUT2D eigenvalue weighted by Crippen LogP contribution is -2.10. The normalized spacial score (nSPS) is 12.3. The first-order valence-corrected chi connectivity index (χ1v) is 26.3. The van der Waals surface area contributed by atoms with E-state index in [1.807, 2.05) is 31.2 Å². The highest BCUT2D eigenvalue weighted by Crippen LogP contribution is 2.52. The van der Waals surface area contributed by atoms with E-state index in [1.165, 1.54) is 27.4 Å². The molecule has 0 saturated carbocycles. The molecule has 0 spiro atoms. The molecule has 14 aromatic rings. The Bertz CT molecular complexity index is 4750. The second kappa shape index (κ2) is 17.8. The Morgan fingerprint density at radius 2 is 1.04 bits per heavy atom. The van der Waals surface area contributed by atoms with Crippen LogP contribution in [-0.2, 0) is 0 Å². The van der Waals surface area contributed by atoms with Crippen LogP contribution in [0.25, 0.3) is 133 Å². The van der Waals surface area contributed by atoms with E-state index in [2.05, 4.69) is 253 Å². The van der Waals surface area contributed by atoms with Gasteiger partial charge >= 0.3 is 0 Å². The molecule has 1 aliphatic rings. The van der Waals surface area contributed by atoms with Crippen LogP contribution < -0.4 is 4.90 Å². The van der Waals surface area contributed by atoms with Gasteiger partial charge in [0, 0.05) is 77.2 Å². The lowest BCUT2D eigenvalue weighted by atomic mass is 9.91. The first-order valence-electron chi connectivity index (χ1n) is 26.3. The number of benzene rings is 11. The molecule has 4 nitrogen and oxygen atoms in total. The number of para-hydroxylation sites is 6. The Balaban J connectivity index is 0.940. The van der Waals surface area contributed by atoms with Gasteiger partial charge in [0.15, 0.2) is 0 Å². The van der Waals surface area contributed by atoms with Gasteiger partial charge in [-0.15, -0.1) is 0 Å². The molecule has 0 unspecified atom stereocenters. The summed E-state index contributed by atoms with van der Waals surface area (Å²) in [6, 6.07) is 85.5. The topological polar surface area (TPSA) is 34.5 Å². The van der Waals surface area contributed by atoms with Gasteiger partial charge in [0.25, 0.3) is 0 Å². The first kappa shape index (κ1) is 44.3.